The highest BCUT2D eigenvalue weighted by molar-refractivity contribution is 5.93. The van der Waals surface area contributed by atoms with Crippen molar-refractivity contribution in [2.75, 3.05) is 6.61 Å². The van der Waals surface area contributed by atoms with Crippen molar-refractivity contribution in [3.8, 4) is 0 Å². The van der Waals surface area contributed by atoms with Crippen molar-refractivity contribution in [1.82, 2.24) is 10.3 Å². The molecule has 1 aliphatic heterocycles. The molecule has 1 aromatic rings. The van der Waals surface area contributed by atoms with Gasteiger partial charge in [0.05, 0.1) is 5.92 Å². The molecule has 168 valence electrons. The van der Waals surface area contributed by atoms with Gasteiger partial charge in [-0.25, -0.2) is 4.79 Å². The molecule has 0 radical (unpaired) electrons. The first-order valence-electron chi connectivity index (χ1n) is 10.4. The minimum Gasteiger partial charge on any atom is -0.461 e. The van der Waals surface area contributed by atoms with Crippen molar-refractivity contribution in [3.05, 3.63) is 52.5 Å². The molecule has 0 bridgehead atoms. The Balaban J connectivity index is 2.43. The Labute approximate surface area is 183 Å². The molecule has 1 amide bonds. The molecular weight excluding hydrogens is 396 g/mol. The van der Waals surface area contributed by atoms with Crippen LogP contribution in [0.4, 0.5) is 0 Å². The summed E-state index contributed by atoms with van der Waals surface area (Å²) >= 11 is 0. The first-order chi connectivity index (χ1) is 14.5. The summed E-state index contributed by atoms with van der Waals surface area (Å²) < 4.78 is 10.6. The van der Waals surface area contributed by atoms with Gasteiger partial charge in [0.25, 0.3) is 0 Å². The van der Waals surface area contributed by atoms with Crippen LogP contribution in [0.25, 0.3) is 6.08 Å². The molecule has 1 saturated heterocycles. The molecule has 31 heavy (non-hydrogen) atoms. The van der Waals surface area contributed by atoms with E-state index in [1.54, 1.807) is 20.8 Å². The lowest BCUT2D eigenvalue weighted by Gasteiger charge is -2.19. The predicted octanol–water partition coefficient (Wildman–Crippen LogP) is 3.99. The summed E-state index contributed by atoms with van der Waals surface area (Å²) in [5.41, 5.74) is 3.41. The first-order valence-corrected chi connectivity index (χ1v) is 10.4. The van der Waals surface area contributed by atoms with E-state index < -0.39 is 11.6 Å². The van der Waals surface area contributed by atoms with Gasteiger partial charge < -0.3 is 19.8 Å². The summed E-state index contributed by atoms with van der Waals surface area (Å²) in [4.78, 5) is 40.1. The molecule has 1 aliphatic rings. The Morgan fingerprint density at radius 3 is 2.52 bits per heavy atom. The third-order valence-corrected chi connectivity index (χ3v) is 4.99. The van der Waals surface area contributed by atoms with Gasteiger partial charge in [-0.2, -0.15) is 0 Å². The standard InChI is InChI=1S/C24H32N2O5/c1-8-12-30-20(27)11-10-17-14(3)18(25-21(17)23(29)31-24(5,6)7)13-19-16(9-2)15(4)22(28)26-19/h8-9,13,15,25H,1,10-12H2,2-7H3,(H,26,28)/b16-9-,19-13-. The number of carbonyl (C=O) groups is 3. The van der Waals surface area contributed by atoms with E-state index in [9.17, 15) is 14.4 Å². The summed E-state index contributed by atoms with van der Waals surface area (Å²) in [5.74, 6) is -1.18. The van der Waals surface area contributed by atoms with Gasteiger partial charge in [-0.05, 0) is 70.7 Å². The Morgan fingerprint density at radius 2 is 1.94 bits per heavy atom. The van der Waals surface area contributed by atoms with E-state index >= 15 is 0 Å². The number of hydrogen-bond donors (Lipinski definition) is 2. The van der Waals surface area contributed by atoms with E-state index in [0.29, 0.717) is 29.1 Å². The van der Waals surface area contributed by atoms with E-state index in [4.69, 9.17) is 9.47 Å². The molecule has 1 unspecified atom stereocenters. The molecule has 0 aliphatic carbocycles. The Hall–Kier alpha value is -3.09. The topological polar surface area (TPSA) is 97.5 Å². The molecule has 1 aromatic heterocycles. The van der Waals surface area contributed by atoms with Crippen molar-refractivity contribution in [2.45, 2.75) is 60.0 Å². The van der Waals surface area contributed by atoms with E-state index in [1.807, 2.05) is 32.9 Å². The average Bonchev–Trinajstić information content (AvgIpc) is 3.13. The zero-order valence-corrected chi connectivity index (χ0v) is 19.2. The second-order valence-corrected chi connectivity index (χ2v) is 8.50. The minimum atomic E-state index is -0.665. The maximum absolute atomic E-state index is 12.8. The maximum Gasteiger partial charge on any atom is 0.355 e. The number of hydrogen-bond acceptors (Lipinski definition) is 5. The second-order valence-electron chi connectivity index (χ2n) is 8.50. The van der Waals surface area contributed by atoms with Crippen LogP contribution in [0.5, 0.6) is 0 Å². The monoisotopic (exact) mass is 428 g/mol. The van der Waals surface area contributed by atoms with E-state index in [2.05, 4.69) is 16.9 Å². The Morgan fingerprint density at radius 1 is 1.26 bits per heavy atom. The summed E-state index contributed by atoms with van der Waals surface area (Å²) in [6, 6.07) is 0. The number of ether oxygens (including phenoxy) is 2. The lowest BCUT2D eigenvalue weighted by molar-refractivity contribution is -0.142. The lowest BCUT2D eigenvalue weighted by atomic mass is 10.0. The molecule has 7 nitrogen and oxygen atoms in total. The van der Waals surface area contributed by atoms with Gasteiger partial charge in [0.15, 0.2) is 0 Å². The molecule has 2 heterocycles. The Kier molecular flexibility index (Phi) is 7.65. The number of aromatic nitrogens is 1. The van der Waals surface area contributed by atoms with Crippen molar-refractivity contribution in [3.63, 3.8) is 0 Å². The van der Waals surface area contributed by atoms with Crippen LogP contribution in [0.15, 0.2) is 30.0 Å². The summed E-state index contributed by atoms with van der Waals surface area (Å²) in [5, 5.41) is 2.88. The minimum absolute atomic E-state index is 0.0684. The molecule has 0 spiro atoms. The fraction of sp³-hybridized carbons (Fsp3) is 0.458. The van der Waals surface area contributed by atoms with Crippen LogP contribution in [0, 0.1) is 12.8 Å². The number of allylic oxidation sites excluding steroid dienone is 2. The highest BCUT2D eigenvalue weighted by Crippen LogP contribution is 2.30. The van der Waals surface area contributed by atoms with Gasteiger partial charge >= 0.3 is 11.9 Å². The zero-order chi connectivity index (χ0) is 23.3. The smallest absolute Gasteiger partial charge is 0.355 e. The SMILES string of the molecule is C=CCOC(=O)CCc1c(C(=O)OC(C)(C)C)[nH]c(/C=C2\NC(=O)C(C)\C2=C\C)c1C. The molecule has 2 rings (SSSR count). The van der Waals surface area contributed by atoms with Gasteiger partial charge in [0.2, 0.25) is 5.91 Å². The number of nitrogens with one attached hydrogen (secondary N) is 2. The van der Waals surface area contributed by atoms with Crippen LogP contribution in [0.3, 0.4) is 0 Å². The molecular formula is C24H32N2O5. The van der Waals surface area contributed by atoms with Crippen LogP contribution in [0.1, 0.15) is 68.3 Å². The third-order valence-electron chi connectivity index (χ3n) is 4.99. The largest absolute Gasteiger partial charge is 0.461 e. The zero-order valence-electron chi connectivity index (χ0n) is 19.2. The quantitative estimate of drug-likeness (QED) is 0.505. The number of esters is 2. The van der Waals surface area contributed by atoms with Crippen LogP contribution in [-0.4, -0.2) is 35.0 Å². The summed E-state index contributed by atoms with van der Waals surface area (Å²) in [6.45, 7) is 14.7. The van der Waals surface area contributed by atoms with Crippen LogP contribution >= 0.6 is 0 Å². The van der Waals surface area contributed by atoms with Gasteiger partial charge in [-0.15, -0.1) is 0 Å². The molecule has 1 atom stereocenters. The Bertz CT molecular complexity index is 944. The fourth-order valence-electron chi connectivity index (χ4n) is 3.42. The molecule has 0 aromatic carbocycles. The lowest BCUT2D eigenvalue weighted by Crippen LogP contribution is -2.24. The number of amides is 1. The predicted molar refractivity (Wildman–Crippen MR) is 119 cm³/mol. The van der Waals surface area contributed by atoms with E-state index in [-0.39, 0.29) is 30.8 Å². The van der Waals surface area contributed by atoms with Crippen molar-refractivity contribution < 1.29 is 23.9 Å². The van der Waals surface area contributed by atoms with Crippen molar-refractivity contribution in [2.24, 2.45) is 5.92 Å². The second kappa shape index (κ2) is 9.81. The maximum atomic E-state index is 12.8. The van der Waals surface area contributed by atoms with Gasteiger partial charge in [-0.1, -0.05) is 18.7 Å². The molecule has 7 heteroatoms. The van der Waals surface area contributed by atoms with Gasteiger partial charge in [0.1, 0.15) is 17.9 Å². The number of aromatic amines is 1. The third kappa shape index (κ3) is 5.96. The molecule has 0 saturated carbocycles. The van der Waals surface area contributed by atoms with Crippen molar-refractivity contribution in [1.29, 1.82) is 0 Å². The number of H-pyrrole nitrogens is 1. The molecule has 1 fully saturated rings. The highest BCUT2D eigenvalue weighted by Gasteiger charge is 2.30. The van der Waals surface area contributed by atoms with E-state index in [0.717, 1.165) is 11.1 Å². The van der Waals surface area contributed by atoms with Crippen LogP contribution in [0.2, 0.25) is 0 Å². The normalized spacial score (nSPS) is 18.9. The van der Waals surface area contributed by atoms with Crippen LogP contribution < -0.4 is 5.32 Å². The average molecular weight is 429 g/mol. The highest BCUT2D eigenvalue weighted by atomic mass is 16.6. The number of carbonyl (C=O) groups excluding carboxylic acids is 3. The number of rotatable bonds is 7. The summed E-state index contributed by atoms with van der Waals surface area (Å²) in [6.07, 6.45) is 5.66. The molecule has 2 N–H and O–H groups in total. The van der Waals surface area contributed by atoms with Gasteiger partial charge in [0, 0.05) is 17.8 Å². The van der Waals surface area contributed by atoms with Crippen molar-refractivity contribution >= 4 is 23.9 Å². The summed E-state index contributed by atoms with van der Waals surface area (Å²) in [7, 11) is 0. The van der Waals surface area contributed by atoms with Crippen LogP contribution in [-0.2, 0) is 25.5 Å². The fourth-order valence-corrected chi connectivity index (χ4v) is 3.42. The van der Waals surface area contributed by atoms with Gasteiger partial charge in [-0.3, -0.25) is 9.59 Å². The first kappa shape index (κ1) is 24.2. The van der Waals surface area contributed by atoms with E-state index in [1.165, 1.54) is 6.08 Å².